The minimum atomic E-state index is -4.65. The summed E-state index contributed by atoms with van der Waals surface area (Å²) in [6.45, 7) is 7.29. The zero-order valence-corrected chi connectivity index (χ0v) is 11.4. The second-order valence-corrected chi connectivity index (χ2v) is 5.80. The number of nitrogens with one attached hydrogen (secondary N) is 1. The molecule has 1 aromatic carbocycles. The van der Waals surface area contributed by atoms with Crippen LogP contribution in [0.3, 0.4) is 0 Å². The van der Waals surface area contributed by atoms with Gasteiger partial charge in [-0.05, 0) is 36.1 Å². The van der Waals surface area contributed by atoms with Crippen LogP contribution in [0.4, 0.5) is 17.6 Å². The lowest BCUT2D eigenvalue weighted by molar-refractivity contribution is -0.140. The summed E-state index contributed by atoms with van der Waals surface area (Å²) in [6.07, 6.45) is -3.73. The molecule has 1 aromatic rings. The Hall–Kier alpha value is -1.10. The number of halogens is 4. The predicted octanol–water partition coefficient (Wildman–Crippen LogP) is 4.37. The average molecular weight is 277 g/mol. The highest BCUT2D eigenvalue weighted by Crippen LogP contribution is 2.31. The number of alkyl halides is 3. The maximum atomic E-state index is 13.1. The zero-order chi connectivity index (χ0) is 14.7. The summed E-state index contributed by atoms with van der Waals surface area (Å²) in [5.41, 5.74) is -0.599. The Morgan fingerprint density at radius 2 is 1.74 bits per heavy atom. The van der Waals surface area contributed by atoms with Crippen molar-refractivity contribution in [1.29, 1.82) is 0 Å². The average Bonchev–Trinajstić information content (AvgIpc) is 2.23. The fourth-order valence-corrected chi connectivity index (χ4v) is 1.60. The van der Waals surface area contributed by atoms with Crippen molar-refractivity contribution in [2.45, 2.75) is 39.9 Å². The van der Waals surface area contributed by atoms with Crippen LogP contribution in [0.5, 0.6) is 0 Å². The Morgan fingerprint density at radius 1 is 1.11 bits per heavy atom. The SMILES string of the molecule is CC(C)(C)CCNCc1ccc(F)c(C(F)(F)F)c1. The molecule has 1 N–H and O–H groups in total. The summed E-state index contributed by atoms with van der Waals surface area (Å²) in [5, 5.41) is 3.07. The lowest BCUT2D eigenvalue weighted by Crippen LogP contribution is -2.20. The van der Waals surface area contributed by atoms with Crippen molar-refractivity contribution in [3.63, 3.8) is 0 Å². The zero-order valence-electron chi connectivity index (χ0n) is 11.4. The second-order valence-electron chi connectivity index (χ2n) is 5.80. The van der Waals surface area contributed by atoms with Crippen molar-refractivity contribution >= 4 is 0 Å². The molecule has 0 spiro atoms. The van der Waals surface area contributed by atoms with Gasteiger partial charge in [0.1, 0.15) is 5.82 Å². The molecule has 0 heterocycles. The van der Waals surface area contributed by atoms with E-state index in [2.05, 4.69) is 26.1 Å². The topological polar surface area (TPSA) is 12.0 Å². The van der Waals surface area contributed by atoms with Crippen LogP contribution >= 0.6 is 0 Å². The number of hydrogen-bond acceptors (Lipinski definition) is 1. The molecule has 5 heteroatoms. The van der Waals surface area contributed by atoms with E-state index in [9.17, 15) is 17.6 Å². The third-order valence-corrected chi connectivity index (χ3v) is 2.72. The van der Waals surface area contributed by atoms with Crippen LogP contribution in [0.25, 0.3) is 0 Å². The predicted molar refractivity (Wildman–Crippen MR) is 67.2 cm³/mol. The van der Waals surface area contributed by atoms with Gasteiger partial charge in [-0.2, -0.15) is 13.2 Å². The van der Waals surface area contributed by atoms with Gasteiger partial charge in [-0.3, -0.25) is 0 Å². The molecule has 0 fully saturated rings. The third kappa shape index (κ3) is 5.59. The van der Waals surface area contributed by atoms with E-state index >= 15 is 0 Å². The first-order valence-corrected chi connectivity index (χ1v) is 6.16. The Balaban J connectivity index is 2.61. The highest BCUT2D eigenvalue weighted by Gasteiger charge is 2.34. The molecule has 0 unspecified atom stereocenters. The second kappa shape index (κ2) is 5.90. The largest absolute Gasteiger partial charge is 0.419 e. The van der Waals surface area contributed by atoms with Gasteiger partial charge in [0, 0.05) is 6.54 Å². The van der Waals surface area contributed by atoms with Gasteiger partial charge in [-0.1, -0.05) is 26.8 Å². The molecule has 0 aliphatic carbocycles. The summed E-state index contributed by atoms with van der Waals surface area (Å²) >= 11 is 0. The van der Waals surface area contributed by atoms with Crippen LogP contribution < -0.4 is 5.32 Å². The third-order valence-electron chi connectivity index (χ3n) is 2.72. The molecule has 0 aromatic heterocycles. The highest BCUT2D eigenvalue weighted by molar-refractivity contribution is 5.27. The summed E-state index contributed by atoms with van der Waals surface area (Å²) < 4.78 is 50.6. The molecule has 0 bridgehead atoms. The summed E-state index contributed by atoms with van der Waals surface area (Å²) in [4.78, 5) is 0. The first kappa shape index (κ1) is 16.0. The van der Waals surface area contributed by atoms with Crippen molar-refractivity contribution < 1.29 is 17.6 Å². The Kier molecular flexibility index (Phi) is 4.96. The molecule has 1 rings (SSSR count). The van der Waals surface area contributed by atoms with Gasteiger partial charge in [0.15, 0.2) is 0 Å². The molecular formula is C14H19F4N. The van der Waals surface area contributed by atoms with Crippen molar-refractivity contribution in [1.82, 2.24) is 5.32 Å². The van der Waals surface area contributed by atoms with Gasteiger partial charge in [0.25, 0.3) is 0 Å². The van der Waals surface area contributed by atoms with Gasteiger partial charge in [0.05, 0.1) is 5.56 Å². The lowest BCUT2D eigenvalue weighted by atomic mass is 9.92. The first-order chi connectivity index (χ1) is 8.59. The molecule has 19 heavy (non-hydrogen) atoms. The molecular weight excluding hydrogens is 258 g/mol. The molecule has 0 saturated carbocycles. The van der Waals surface area contributed by atoms with Crippen LogP contribution in [0.2, 0.25) is 0 Å². The van der Waals surface area contributed by atoms with Crippen LogP contribution in [0.1, 0.15) is 38.3 Å². The number of benzene rings is 1. The lowest BCUT2D eigenvalue weighted by Gasteiger charge is -2.18. The molecule has 0 saturated heterocycles. The molecule has 0 aliphatic rings. The molecule has 0 amide bonds. The normalized spacial score (nSPS) is 12.8. The fraction of sp³-hybridized carbons (Fsp3) is 0.571. The van der Waals surface area contributed by atoms with Crippen LogP contribution in [-0.2, 0) is 12.7 Å². The van der Waals surface area contributed by atoms with E-state index in [0.29, 0.717) is 18.7 Å². The Morgan fingerprint density at radius 3 is 2.26 bits per heavy atom. The van der Waals surface area contributed by atoms with Crippen LogP contribution in [0, 0.1) is 11.2 Å². The van der Waals surface area contributed by atoms with Gasteiger partial charge in [0.2, 0.25) is 0 Å². The van der Waals surface area contributed by atoms with E-state index in [0.717, 1.165) is 18.6 Å². The van der Waals surface area contributed by atoms with Gasteiger partial charge in [-0.25, -0.2) is 4.39 Å². The van der Waals surface area contributed by atoms with Crippen molar-refractivity contribution in [2.75, 3.05) is 6.54 Å². The van der Waals surface area contributed by atoms with Crippen molar-refractivity contribution in [3.05, 3.63) is 35.1 Å². The van der Waals surface area contributed by atoms with E-state index in [1.54, 1.807) is 0 Å². The number of rotatable bonds is 4. The quantitative estimate of drug-likeness (QED) is 0.636. The summed E-state index contributed by atoms with van der Waals surface area (Å²) in [6, 6.07) is 3.09. The molecule has 0 aliphatic heterocycles. The first-order valence-electron chi connectivity index (χ1n) is 6.16. The van der Waals surface area contributed by atoms with E-state index in [4.69, 9.17) is 0 Å². The maximum absolute atomic E-state index is 13.1. The number of hydrogen-bond donors (Lipinski definition) is 1. The minimum Gasteiger partial charge on any atom is -0.313 e. The standard InChI is InChI=1S/C14H19F4N/c1-13(2,3)6-7-19-9-10-4-5-12(15)11(8-10)14(16,17)18/h4-5,8,19H,6-7,9H2,1-3H3. The van der Waals surface area contributed by atoms with Gasteiger partial charge >= 0.3 is 6.18 Å². The van der Waals surface area contributed by atoms with Gasteiger partial charge < -0.3 is 5.32 Å². The molecule has 0 radical (unpaired) electrons. The van der Waals surface area contributed by atoms with Crippen molar-refractivity contribution in [2.24, 2.45) is 5.41 Å². The van der Waals surface area contributed by atoms with Crippen molar-refractivity contribution in [3.8, 4) is 0 Å². The van der Waals surface area contributed by atoms with Crippen LogP contribution in [0.15, 0.2) is 18.2 Å². The molecule has 1 nitrogen and oxygen atoms in total. The van der Waals surface area contributed by atoms with Crippen LogP contribution in [-0.4, -0.2) is 6.54 Å². The monoisotopic (exact) mass is 277 g/mol. The molecule has 0 atom stereocenters. The van der Waals surface area contributed by atoms with E-state index in [1.165, 1.54) is 6.07 Å². The summed E-state index contributed by atoms with van der Waals surface area (Å²) in [7, 11) is 0. The highest BCUT2D eigenvalue weighted by atomic mass is 19.4. The Bertz CT molecular complexity index is 418. The van der Waals surface area contributed by atoms with Gasteiger partial charge in [-0.15, -0.1) is 0 Å². The van der Waals surface area contributed by atoms with E-state index in [1.807, 2.05) is 0 Å². The Labute approximate surface area is 111 Å². The van der Waals surface area contributed by atoms with E-state index < -0.39 is 17.6 Å². The maximum Gasteiger partial charge on any atom is 0.419 e. The van der Waals surface area contributed by atoms with E-state index in [-0.39, 0.29) is 5.41 Å². The summed E-state index contributed by atoms with van der Waals surface area (Å²) in [5.74, 6) is -1.23. The minimum absolute atomic E-state index is 0.174. The fourth-order valence-electron chi connectivity index (χ4n) is 1.60. The molecule has 108 valence electrons. The smallest absolute Gasteiger partial charge is 0.313 e.